The highest BCUT2D eigenvalue weighted by atomic mass is 32.2. The van der Waals surface area contributed by atoms with Crippen LogP contribution in [0.4, 0.5) is 26.1 Å². The molecule has 1 aromatic heterocycles. The minimum Gasteiger partial charge on any atom is -0.428 e. The molecular formula is C28H27F2N6O5S+. The summed E-state index contributed by atoms with van der Waals surface area (Å²) in [4.78, 5) is 16.5. The monoisotopic (exact) mass is 597 g/mol. The second-order valence-corrected chi connectivity index (χ2v) is 13.1. The van der Waals surface area contributed by atoms with Crippen molar-refractivity contribution in [3.63, 3.8) is 0 Å². The van der Waals surface area contributed by atoms with Gasteiger partial charge in [0.1, 0.15) is 18.4 Å². The first-order chi connectivity index (χ1) is 20.2. The molecule has 6 heterocycles. The van der Waals surface area contributed by atoms with Crippen molar-refractivity contribution in [1.82, 2.24) is 14.5 Å². The van der Waals surface area contributed by atoms with E-state index in [9.17, 15) is 17.2 Å². The van der Waals surface area contributed by atoms with Gasteiger partial charge in [-0.3, -0.25) is 4.99 Å². The Hall–Kier alpha value is -3.72. The summed E-state index contributed by atoms with van der Waals surface area (Å²) in [6.07, 6.45) is 5.97. The average molecular weight is 598 g/mol. The molecule has 1 spiro atoms. The number of hydrogen-bond acceptors (Lipinski definition) is 9. The number of morpholine rings is 2. The van der Waals surface area contributed by atoms with Gasteiger partial charge in [0.2, 0.25) is 27.8 Å². The van der Waals surface area contributed by atoms with Gasteiger partial charge in [0.25, 0.3) is 0 Å². The summed E-state index contributed by atoms with van der Waals surface area (Å²) in [7, 11) is -3.75. The summed E-state index contributed by atoms with van der Waals surface area (Å²) in [6.45, 7) is -0.369. The van der Waals surface area contributed by atoms with Crippen molar-refractivity contribution in [2.75, 3.05) is 48.4 Å². The lowest BCUT2D eigenvalue weighted by Crippen LogP contribution is -2.74. The number of fused-ring (bicyclic) bond motifs is 6. The number of ether oxygens (including phenoxy) is 3. The van der Waals surface area contributed by atoms with Crippen LogP contribution < -0.4 is 29.0 Å². The van der Waals surface area contributed by atoms with Gasteiger partial charge >= 0.3 is 6.61 Å². The van der Waals surface area contributed by atoms with Crippen molar-refractivity contribution in [2.24, 2.45) is 4.99 Å². The minimum atomic E-state index is -3.75. The number of anilines is 2. The second-order valence-electron chi connectivity index (χ2n) is 11.2. The highest BCUT2D eigenvalue weighted by Gasteiger charge is 2.68. The summed E-state index contributed by atoms with van der Waals surface area (Å²) in [5.74, 6) is 0.584. The number of aromatic nitrogens is 2. The molecule has 3 fully saturated rings. The van der Waals surface area contributed by atoms with Gasteiger partial charge in [-0.25, -0.2) is 27.2 Å². The molecule has 14 heteroatoms. The van der Waals surface area contributed by atoms with Crippen molar-refractivity contribution in [1.29, 1.82) is 0 Å². The van der Waals surface area contributed by atoms with Gasteiger partial charge in [-0.2, -0.15) is 8.78 Å². The summed E-state index contributed by atoms with van der Waals surface area (Å²) in [6, 6.07) is 10.2. The smallest absolute Gasteiger partial charge is 0.387 e. The summed E-state index contributed by atoms with van der Waals surface area (Å²) >= 11 is 0. The molecule has 2 aromatic carbocycles. The van der Waals surface area contributed by atoms with E-state index < -0.39 is 22.8 Å². The van der Waals surface area contributed by atoms with Crippen LogP contribution in [0.1, 0.15) is 0 Å². The first-order valence-corrected chi connectivity index (χ1v) is 15.5. The van der Waals surface area contributed by atoms with Gasteiger partial charge < -0.3 is 19.1 Å². The Bertz CT molecular complexity index is 1810. The molecular weight excluding hydrogens is 570 g/mol. The quantitative estimate of drug-likeness (QED) is 0.405. The topological polar surface area (TPSA) is 106 Å². The Balaban J connectivity index is 1.21. The van der Waals surface area contributed by atoms with Gasteiger partial charge in [0, 0.05) is 18.0 Å². The lowest BCUT2D eigenvalue weighted by atomic mass is 10.0. The summed E-state index contributed by atoms with van der Waals surface area (Å²) < 4.78 is 70.5. The molecule has 4 bridgehead atoms. The first-order valence-electron chi connectivity index (χ1n) is 13.7. The van der Waals surface area contributed by atoms with Gasteiger partial charge in [-0.15, -0.1) is 0 Å². The van der Waals surface area contributed by atoms with E-state index in [2.05, 4.69) is 14.9 Å². The molecule has 0 aliphatic carbocycles. The van der Waals surface area contributed by atoms with E-state index in [1.54, 1.807) is 18.5 Å². The van der Waals surface area contributed by atoms with E-state index in [-0.39, 0.29) is 28.4 Å². The fourth-order valence-electron chi connectivity index (χ4n) is 7.07. The lowest BCUT2D eigenvalue weighted by Gasteiger charge is -2.49. The fraction of sp³-hybridized carbons (Fsp3) is 0.393. The number of rotatable bonds is 5. The van der Waals surface area contributed by atoms with Crippen molar-refractivity contribution in [3.05, 3.63) is 59.4 Å². The molecule has 0 radical (unpaired) electrons. The third-order valence-corrected chi connectivity index (χ3v) is 9.81. The zero-order valence-corrected chi connectivity index (χ0v) is 23.3. The van der Waals surface area contributed by atoms with Gasteiger partial charge in [-0.1, -0.05) is 12.1 Å². The van der Waals surface area contributed by atoms with Crippen LogP contribution in [0.3, 0.4) is 0 Å². The van der Waals surface area contributed by atoms with Crippen LogP contribution in [0.25, 0.3) is 17.3 Å². The Labute approximate surface area is 239 Å². The molecule has 8 rings (SSSR count). The molecule has 3 atom stereocenters. The Morgan fingerprint density at radius 1 is 1.02 bits per heavy atom. The van der Waals surface area contributed by atoms with Gasteiger partial charge in [-0.05, 0) is 29.8 Å². The van der Waals surface area contributed by atoms with E-state index in [4.69, 9.17) is 19.2 Å². The van der Waals surface area contributed by atoms with Crippen LogP contribution in [-0.2, 0) is 19.5 Å². The predicted octanol–water partition coefficient (Wildman–Crippen LogP) is 1.22. The maximum atomic E-state index is 13.4. The maximum absolute atomic E-state index is 13.4. The summed E-state index contributed by atoms with van der Waals surface area (Å²) in [5.41, 5.74) is 2.38. The van der Waals surface area contributed by atoms with Crippen molar-refractivity contribution < 1.29 is 31.4 Å². The normalized spacial score (nSPS) is 29.0. The molecule has 42 heavy (non-hydrogen) atoms. The number of halogens is 2. The molecule has 0 saturated carbocycles. The average Bonchev–Trinajstić information content (AvgIpc) is 3.04. The number of benzene rings is 2. The lowest BCUT2D eigenvalue weighted by molar-refractivity contribution is -0.0505. The van der Waals surface area contributed by atoms with Crippen molar-refractivity contribution in [3.8, 4) is 16.9 Å². The Morgan fingerprint density at radius 3 is 2.40 bits per heavy atom. The first kappa shape index (κ1) is 25.9. The number of alkyl halides is 2. The molecule has 0 N–H and O–H groups in total. The van der Waals surface area contributed by atoms with E-state index in [1.165, 1.54) is 16.4 Å². The highest BCUT2D eigenvalue weighted by molar-refractivity contribution is 7.92. The van der Waals surface area contributed by atoms with Crippen LogP contribution >= 0.6 is 0 Å². The summed E-state index contributed by atoms with van der Waals surface area (Å²) in [5, 5.41) is 1.46. The molecule has 218 valence electrons. The number of nitrogens with zero attached hydrogens (tertiary/aromatic N) is 6. The van der Waals surface area contributed by atoms with Crippen molar-refractivity contribution in [2.45, 2.75) is 30.9 Å². The van der Waals surface area contributed by atoms with Crippen LogP contribution in [0, 0.1) is 0 Å². The van der Waals surface area contributed by atoms with Crippen LogP contribution in [-0.4, -0.2) is 88.5 Å². The van der Waals surface area contributed by atoms with E-state index in [0.29, 0.717) is 55.7 Å². The molecule has 3 saturated heterocycles. The van der Waals surface area contributed by atoms with E-state index >= 15 is 0 Å². The largest absolute Gasteiger partial charge is 0.428 e. The molecule has 0 amide bonds. The van der Waals surface area contributed by atoms with Gasteiger partial charge in [0.05, 0.1) is 55.3 Å². The Kier molecular flexibility index (Phi) is 5.65. The van der Waals surface area contributed by atoms with Crippen molar-refractivity contribution >= 4 is 33.5 Å². The SMILES string of the molecule is CS(=O)(=O)N1c2cccc(OC(F)F)c2[N@+]23C=c4cc(-c5cnc(N6[C@H]7COC[C@H]6COC7)nc5)ccc4=N[C@H](C2)C13. The van der Waals surface area contributed by atoms with Gasteiger partial charge in [0.15, 0.2) is 11.8 Å². The standard InChI is InChI=1S/C28H27F2N6O5S/c1-42(37,38)35-23-3-2-4-24(41-27(29)30)25(23)36-10-17-7-16(5-6-21(17)33-22(11-36)26(35)36)18-8-31-28(32-9-18)34-19-12-39-14-20(34)15-40-13-19/h2-10,19-20,22,26-27H,11-15H2,1H3/q+1/t19-,20-,22-,26?,36+/m1/s1. The third-order valence-electron chi connectivity index (χ3n) is 8.68. The number of hydrogen-bond donors (Lipinski definition) is 0. The fourth-order valence-corrected chi connectivity index (χ4v) is 8.28. The molecule has 5 aliphatic heterocycles. The number of quaternary nitrogens is 1. The molecule has 11 nitrogen and oxygen atoms in total. The minimum absolute atomic E-state index is 0.0211. The van der Waals surface area contributed by atoms with Crippen LogP contribution in [0.5, 0.6) is 5.75 Å². The third kappa shape index (κ3) is 3.78. The van der Waals surface area contributed by atoms with Crippen LogP contribution in [0.2, 0.25) is 0 Å². The van der Waals surface area contributed by atoms with E-state index in [1.807, 2.05) is 24.4 Å². The zero-order valence-electron chi connectivity index (χ0n) is 22.5. The number of para-hydroxylation sites is 1. The predicted molar refractivity (Wildman–Crippen MR) is 149 cm³/mol. The highest BCUT2D eigenvalue weighted by Crippen LogP contribution is 2.58. The maximum Gasteiger partial charge on any atom is 0.387 e. The van der Waals surface area contributed by atoms with E-state index in [0.717, 1.165) is 22.6 Å². The molecule has 1 unspecified atom stereocenters. The second kappa shape index (κ2) is 9.14. The number of sulfonamides is 1. The zero-order chi connectivity index (χ0) is 28.8. The Morgan fingerprint density at radius 2 is 1.74 bits per heavy atom. The van der Waals surface area contributed by atoms with Crippen LogP contribution in [0.15, 0.2) is 53.8 Å². The molecule has 3 aromatic rings. The molecule has 5 aliphatic rings.